The Kier molecular flexibility index (Phi) is 3.25. The normalized spacial score (nSPS) is 10.3. The molecule has 0 heterocycles. The van der Waals surface area contributed by atoms with Gasteiger partial charge in [0.15, 0.2) is 11.5 Å². The fraction of sp³-hybridized carbons (Fsp3) is 0.143. The quantitative estimate of drug-likeness (QED) is 0.870. The largest absolute Gasteiger partial charge is 0.504 e. The van der Waals surface area contributed by atoms with Gasteiger partial charge in [-0.05, 0) is 30.2 Å². The van der Waals surface area contributed by atoms with Crippen LogP contribution in [-0.4, -0.2) is 12.2 Å². The molecule has 0 atom stereocenters. The first kappa shape index (κ1) is 11.8. The number of phenols is 1. The first-order chi connectivity index (χ1) is 8.13. The van der Waals surface area contributed by atoms with Gasteiger partial charge in [0.1, 0.15) is 0 Å². The van der Waals surface area contributed by atoms with E-state index in [0.29, 0.717) is 16.3 Å². The number of para-hydroxylation sites is 1. The van der Waals surface area contributed by atoms with E-state index in [1.807, 2.05) is 37.3 Å². The molecule has 0 fully saturated rings. The zero-order chi connectivity index (χ0) is 12.4. The molecule has 2 rings (SSSR count). The maximum Gasteiger partial charge on any atom is 0.165 e. The summed E-state index contributed by atoms with van der Waals surface area (Å²) in [6.07, 6.45) is 0. The zero-order valence-corrected chi connectivity index (χ0v) is 10.5. The Morgan fingerprint density at radius 1 is 1.18 bits per heavy atom. The number of hydrogen-bond donors (Lipinski definition) is 1. The van der Waals surface area contributed by atoms with E-state index in [4.69, 9.17) is 16.3 Å². The molecule has 0 spiro atoms. The van der Waals surface area contributed by atoms with Crippen molar-refractivity contribution in [2.75, 3.05) is 7.11 Å². The van der Waals surface area contributed by atoms with E-state index >= 15 is 0 Å². The van der Waals surface area contributed by atoms with Gasteiger partial charge >= 0.3 is 0 Å². The number of aryl methyl sites for hydroxylation is 1. The Morgan fingerprint density at radius 2 is 1.94 bits per heavy atom. The molecule has 0 aliphatic heterocycles. The van der Waals surface area contributed by atoms with Gasteiger partial charge in [-0.25, -0.2) is 0 Å². The number of ether oxygens (including phenoxy) is 1. The van der Waals surface area contributed by atoms with Crippen LogP contribution in [-0.2, 0) is 0 Å². The lowest BCUT2D eigenvalue weighted by atomic mass is 10.0. The summed E-state index contributed by atoms with van der Waals surface area (Å²) in [7, 11) is 1.53. The number of halogens is 1. The van der Waals surface area contributed by atoms with Crippen LogP contribution in [0.25, 0.3) is 11.1 Å². The van der Waals surface area contributed by atoms with Crippen LogP contribution in [0.5, 0.6) is 11.5 Å². The SMILES string of the molecule is COc1cccc(-c2ccc(C)c(Cl)c2)c1O. The van der Waals surface area contributed by atoms with E-state index in [1.165, 1.54) is 7.11 Å². The number of aromatic hydroxyl groups is 1. The standard InChI is InChI=1S/C14H13ClO2/c1-9-6-7-10(8-12(9)15)11-4-3-5-13(17-2)14(11)16/h3-8,16H,1-2H3. The van der Waals surface area contributed by atoms with E-state index in [-0.39, 0.29) is 5.75 Å². The fourth-order valence-corrected chi connectivity index (χ4v) is 1.86. The summed E-state index contributed by atoms with van der Waals surface area (Å²) >= 11 is 6.08. The van der Waals surface area contributed by atoms with Gasteiger partial charge in [0.05, 0.1) is 7.11 Å². The minimum Gasteiger partial charge on any atom is -0.504 e. The van der Waals surface area contributed by atoms with Crippen molar-refractivity contribution in [3.63, 3.8) is 0 Å². The topological polar surface area (TPSA) is 29.5 Å². The average Bonchev–Trinajstić information content (AvgIpc) is 2.33. The molecule has 0 aliphatic rings. The maximum absolute atomic E-state index is 10.0. The van der Waals surface area contributed by atoms with E-state index in [9.17, 15) is 5.11 Å². The van der Waals surface area contributed by atoms with E-state index in [2.05, 4.69) is 0 Å². The van der Waals surface area contributed by atoms with Crippen molar-refractivity contribution in [3.8, 4) is 22.6 Å². The zero-order valence-electron chi connectivity index (χ0n) is 9.70. The van der Waals surface area contributed by atoms with Gasteiger partial charge in [-0.2, -0.15) is 0 Å². The molecule has 0 amide bonds. The van der Waals surface area contributed by atoms with Crippen LogP contribution in [0.3, 0.4) is 0 Å². The van der Waals surface area contributed by atoms with Crippen LogP contribution in [0.1, 0.15) is 5.56 Å². The predicted molar refractivity (Wildman–Crippen MR) is 69.8 cm³/mol. The number of rotatable bonds is 2. The molecule has 0 unspecified atom stereocenters. The summed E-state index contributed by atoms with van der Waals surface area (Å²) in [5.74, 6) is 0.592. The Morgan fingerprint density at radius 3 is 2.59 bits per heavy atom. The highest BCUT2D eigenvalue weighted by molar-refractivity contribution is 6.31. The fourth-order valence-electron chi connectivity index (χ4n) is 1.68. The predicted octanol–water partition coefficient (Wildman–Crippen LogP) is 4.03. The van der Waals surface area contributed by atoms with Crippen molar-refractivity contribution < 1.29 is 9.84 Å². The molecule has 2 aromatic rings. The third-order valence-electron chi connectivity index (χ3n) is 2.70. The Bertz CT molecular complexity index is 550. The molecule has 3 heteroatoms. The molecule has 2 aromatic carbocycles. The first-order valence-corrected chi connectivity index (χ1v) is 5.63. The summed E-state index contributed by atoms with van der Waals surface area (Å²) in [6.45, 7) is 1.94. The Hall–Kier alpha value is -1.67. The molecule has 0 aromatic heterocycles. The summed E-state index contributed by atoms with van der Waals surface area (Å²) in [5.41, 5.74) is 2.60. The summed E-state index contributed by atoms with van der Waals surface area (Å²) in [4.78, 5) is 0. The van der Waals surface area contributed by atoms with Crippen LogP contribution in [0, 0.1) is 6.92 Å². The third kappa shape index (κ3) is 2.22. The van der Waals surface area contributed by atoms with Crippen molar-refractivity contribution in [2.24, 2.45) is 0 Å². The summed E-state index contributed by atoms with van der Waals surface area (Å²) in [6, 6.07) is 11.1. The first-order valence-electron chi connectivity index (χ1n) is 5.26. The second-order valence-electron chi connectivity index (χ2n) is 3.82. The molecule has 1 N–H and O–H groups in total. The molecule has 0 aliphatic carbocycles. The van der Waals surface area contributed by atoms with Gasteiger partial charge < -0.3 is 9.84 Å². The lowest BCUT2D eigenvalue weighted by molar-refractivity contribution is 0.374. The van der Waals surface area contributed by atoms with Crippen LogP contribution >= 0.6 is 11.6 Å². The Labute approximate surface area is 105 Å². The number of benzene rings is 2. The van der Waals surface area contributed by atoms with Crippen LogP contribution in [0.2, 0.25) is 5.02 Å². The number of hydrogen-bond acceptors (Lipinski definition) is 2. The third-order valence-corrected chi connectivity index (χ3v) is 3.11. The lowest BCUT2D eigenvalue weighted by Gasteiger charge is -2.09. The monoisotopic (exact) mass is 248 g/mol. The second kappa shape index (κ2) is 4.68. The minimum atomic E-state index is 0.134. The van der Waals surface area contributed by atoms with Crippen molar-refractivity contribution >= 4 is 11.6 Å². The van der Waals surface area contributed by atoms with E-state index in [0.717, 1.165) is 11.1 Å². The molecule has 88 valence electrons. The number of methoxy groups -OCH3 is 1. The molecule has 0 radical (unpaired) electrons. The van der Waals surface area contributed by atoms with Crippen LogP contribution < -0.4 is 4.74 Å². The molecular weight excluding hydrogens is 236 g/mol. The van der Waals surface area contributed by atoms with Gasteiger partial charge in [0, 0.05) is 10.6 Å². The molecule has 2 nitrogen and oxygen atoms in total. The van der Waals surface area contributed by atoms with Crippen LogP contribution in [0.15, 0.2) is 36.4 Å². The van der Waals surface area contributed by atoms with Crippen molar-refractivity contribution in [1.29, 1.82) is 0 Å². The number of phenolic OH excluding ortho intramolecular Hbond substituents is 1. The molecule has 0 saturated heterocycles. The maximum atomic E-state index is 10.0. The average molecular weight is 249 g/mol. The van der Waals surface area contributed by atoms with Gasteiger partial charge in [-0.1, -0.05) is 35.9 Å². The smallest absolute Gasteiger partial charge is 0.165 e. The highest BCUT2D eigenvalue weighted by atomic mass is 35.5. The summed E-state index contributed by atoms with van der Waals surface area (Å²) < 4.78 is 5.08. The molecule has 0 saturated carbocycles. The van der Waals surface area contributed by atoms with Gasteiger partial charge in [-0.15, -0.1) is 0 Å². The van der Waals surface area contributed by atoms with E-state index in [1.54, 1.807) is 6.07 Å². The summed E-state index contributed by atoms with van der Waals surface area (Å²) in [5, 5.41) is 10.7. The minimum absolute atomic E-state index is 0.134. The lowest BCUT2D eigenvalue weighted by Crippen LogP contribution is -1.86. The second-order valence-corrected chi connectivity index (χ2v) is 4.23. The van der Waals surface area contributed by atoms with Crippen molar-refractivity contribution in [2.45, 2.75) is 6.92 Å². The molecular formula is C14H13ClO2. The van der Waals surface area contributed by atoms with Gasteiger partial charge in [-0.3, -0.25) is 0 Å². The van der Waals surface area contributed by atoms with Crippen molar-refractivity contribution in [3.05, 3.63) is 47.0 Å². The highest BCUT2D eigenvalue weighted by Gasteiger charge is 2.09. The van der Waals surface area contributed by atoms with E-state index < -0.39 is 0 Å². The molecule has 0 bridgehead atoms. The molecule has 17 heavy (non-hydrogen) atoms. The van der Waals surface area contributed by atoms with Gasteiger partial charge in [0.25, 0.3) is 0 Å². The van der Waals surface area contributed by atoms with Crippen LogP contribution in [0.4, 0.5) is 0 Å². The van der Waals surface area contributed by atoms with Crippen molar-refractivity contribution in [1.82, 2.24) is 0 Å². The van der Waals surface area contributed by atoms with Gasteiger partial charge in [0.2, 0.25) is 0 Å². The highest BCUT2D eigenvalue weighted by Crippen LogP contribution is 2.37. The Balaban J connectivity index is 2.56.